The van der Waals surface area contributed by atoms with Gasteiger partial charge in [-0.1, -0.05) is 12.8 Å². The highest BCUT2D eigenvalue weighted by Crippen LogP contribution is 2.33. The first-order valence-electron chi connectivity index (χ1n) is 7.37. The first-order valence-corrected chi connectivity index (χ1v) is 7.37. The summed E-state index contributed by atoms with van der Waals surface area (Å²) in [5.74, 6) is 1.69. The standard InChI is InChI=1S/C14H27N3/c1-16(2)14-11-7-15-8-12(14)10-17(9-11)13-5-3-4-6-13/h11-15H,3-10H2,1-2H3. The van der Waals surface area contributed by atoms with Gasteiger partial charge in [-0.3, -0.25) is 4.90 Å². The van der Waals surface area contributed by atoms with Crippen LogP contribution in [0.5, 0.6) is 0 Å². The molecule has 1 aliphatic carbocycles. The van der Waals surface area contributed by atoms with Gasteiger partial charge in [0.1, 0.15) is 0 Å². The monoisotopic (exact) mass is 237 g/mol. The summed E-state index contributed by atoms with van der Waals surface area (Å²) in [6.07, 6.45) is 5.84. The predicted octanol–water partition coefficient (Wildman–Crippen LogP) is 1.01. The fourth-order valence-corrected chi connectivity index (χ4v) is 4.51. The molecule has 2 aliphatic heterocycles. The van der Waals surface area contributed by atoms with Crippen molar-refractivity contribution in [1.82, 2.24) is 15.1 Å². The summed E-state index contributed by atoms with van der Waals surface area (Å²) in [4.78, 5) is 5.30. The number of hydrogen-bond donors (Lipinski definition) is 1. The van der Waals surface area contributed by atoms with E-state index in [1.807, 2.05) is 0 Å². The van der Waals surface area contributed by atoms with Crippen molar-refractivity contribution in [3.63, 3.8) is 0 Å². The van der Waals surface area contributed by atoms with Crippen molar-refractivity contribution in [2.45, 2.75) is 37.8 Å². The van der Waals surface area contributed by atoms with Crippen LogP contribution in [0.4, 0.5) is 0 Å². The Kier molecular flexibility index (Phi) is 3.42. The first-order chi connectivity index (χ1) is 8.25. The van der Waals surface area contributed by atoms with Gasteiger partial charge in [0.2, 0.25) is 0 Å². The highest BCUT2D eigenvalue weighted by molar-refractivity contribution is 4.98. The maximum atomic E-state index is 3.63. The summed E-state index contributed by atoms with van der Waals surface area (Å²) in [6, 6.07) is 1.73. The largest absolute Gasteiger partial charge is 0.316 e. The molecule has 1 saturated carbocycles. The van der Waals surface area contributed by atoms with Crippen LogP contribution in [-0.2, 0) is 0 Å². The molecular weight excluding hydrogens is 210 g/mol. The molecule has 3 heteroatoms. The molecule has 2 atom stereocenters. The number of piperidine rings is 2. The fraction of sp³-hybridized carbons (Fsp3) is 1.00. The molecule has 3 aliphatic rings. The first kappa shape index (κ1) is 11.9. The average Bonchev–Trinajstić information content (AvgIpc) is 2.80. The smallest absolute Gasteiger partial charge is 0.0194 e. The number of nitrogens with one attached hydrogen (secondary N) is 1. The normalized spacial score (nSPS) is 40.1. The van der Waals surface area contributed by atoms with Crippen molar-refractivity contribution >= 4 is 0 Å². The van der Waals surface area contributed by atoms with Crippen LogP contribution >= 0.6 is 0 Å². The van der Waals surface area contributed by atoms with E-state index in [1.54, 1.807) is 0 Å². The molecule has 3 nitrogen and oxygen atoms in total. The van der Waals surface area contributed by atoms with Gasteiger partial charge in [-0.25, -0.2) is 0 Å². The lowest BCUT2D eigenvalue weighted by Crippen LogP contribution is -2.64. The Hall–Kier alpha value is -0.120. The number of hydrogen-bond acceptors (Lipinski definition) is 3. The van der Waals surface area contributed by atoms with Crippen molar-refractivity contribution in [3.8, 4) is 0 Å². The molecular formula is C14H27N3. The molecule has 2 unspecified atom stereocenters. The van der Waals surface area contributed by atoms with Gasteiger partial charge in [0.15, 0.2) is 0 Å². The van der Waals surface area contributed by atoms with Crippen molar-refractivity contribution < 1.29 is 0 Å². The number of fused-ring (bicyclic) bond motifs is 2. The zero-order chi connectivity index (χ0) is 11.8. The summed E-state index contributed by atoms with van der Waals surface area (Å²) in [5, 5.41) is 3.63. The van der Waals surface area contributed by atoms with Crippen LogP contribution in [0.2, 0.25) is 0 Å². The Morgan fingerprint density at radius 2 is 1.59 bits per heavy atom. The van der Waals surface area contributed by atoms with Crippen LogP contribution in [0.15, 0.2) is 0 Å². The molecule has 0 amide bonds. The molecule has 0 aromatic carbocycles. The Balaban J connectivity index is 1.70. The Morgan fingerprint density at radius 1 is 1.00 bits per heavy atom. The third-order valence-electron chi connectivity index (χ3n) is 5.15. The van der Waals surface area contributed by atoms with Gasteiger partial charge in [-0.05, 0) is 38.8 Å². The Morgan fingerprint density at radius 3 is 2.12 bits per heavy atom. The molecule has 98 valence electrons. The van der Waals surface area contributed by atoms with Gasteiger partial charge < -0.3 is 10.2 Å². The van der Waals surface area contributed by atoms with Gasteiger partial charge >= 0.3 is 0 Å². The van der Waals surface area contributed by atoms with Crippen molar-refractivity contribution in [1.29, 1.82) is 0 Å². The highest BCUT2D eigenvalue weighted by Gasteiger charge is 2.42. The summed E-state index contributed by atoms with van der Waals surface area (Å²) in [7, 11) is 4.53. The zero-order valence-electron chi connectivity index (χ0n) is 11.4. The maximum absolute atomic E-state index is 3.63. The second kappa shape index (κ2) is 4.87. The molecule has 2 heterocycles. The van der Waals surface area contributed by atoms with E-state index in [0.29, 0.717) is 0 Å². The van der Waals surface area contributed by atoms with E-state index in [0.717, 1.165) is 23.9 Å². The van der Waals surface area contributed by atoms with Gasteiger partial charge in [-0.2, -0.15) is 0 Å². The molecule has 3 fully saturated rings. The average molecular weight is 237 g/mol. The molecule has 0 radical (unpaired) electrons. The van der Waals surface area contributed by atoms with Gasteiger partial charge in [0, 0.05) is 38.3 Å². The third-order valence-corrected chi connectivity index (χ3v) is 5.15. The van der Waals surface area contributed by atoms with Crippen LogP contribution < -0.4 is 5.32 Å². The van der Waals surface area contributed by atoms with Crippen LogP contribution in [-0.4, -0.2) is 62.2 Å². The summed E-state index contributed by atoms with van der Waals surface area (Å²) >= 11 is 0. The third kappa shape index (κ3) is 2.25. The molecule has 17 heavy (non-hydrogen) atoms. The van der Waals surface area contributed by atoms with E-state index >= 15 is 0 Å². The molecule has 0 aromatic heterocycles. The van der Waals surface area contributed by atoms with Crippen LogP contribution in [0, 0.1) is 11.8 Å². The molecule has 2 bridgehead atoms. The van der Waals surface area contributed by atoms with Crippen molar-refractivity contribution in [2.75, 3.05) is 40.3 Å². The van der Waals surface area contributed by atoms with E-state index in [9.17, 15) is 0 Å². The summed E-state index contributed by atoms with van der Waals surface area (Å²) in [6.45, 7) is 5.11. The van der Waals surface area contributed by atoms with Crippen LogP contribution in [0.1, 0.15) is 25.7 Å². The minimum absolute atomic E-state index is 0.814. The van der Waals surface area contributed by atoms with Gasteiger partial charge in [-0.15, -0.1) is 0 Å². The van der Waals surface area contributed by atoms with E-state index in [2.05, 4.69) is 29.2 Å². The number of nitrogens with zero attached hydrogens (tertiary/aromatic N) is 2. The molecule has 2 saturated heterocycles. The predicted molar refractivity (Wildman–Crippen MR) is 71.2 cm³/mol. The maximum Gasteiger partial charge on any atom is 0.0194 e. The lowest BCUT2D eigenvalue weighted by molar-refractivity contribution is -0.00625. The SMILES string of the molecule is CN(C)C1C2CNCC1CN(C1CCCC1)C2. The molecule has 1 N–H and O–H groups in total. The molecule has 3 rings (SSSR count). The van der Waals surface area contributed by atoms with Crippen LogP contribution in [0.25, 0.3) is 0 Å². The van der Waals surface area contributed by atoms with Gasteiger partial charge in [0.05, 0.1) is 0 Å². The van der Waals surface area contributed by atoms with E-state index in [1.165, 1.54) is 51.9 Å². The zero-order valence-corrected chi connectivity index (χ0v) is 11.4. The minimum Gasteiger partial charge on any atom is -0.316 e. The topological polar surface area (TPSA) is 18.5 Å². The molecule has 0 aromatic rings. The lowest BCUT2D eigenvalue weighted by Gasteiger charge is -2.51. The highest BCUT2D eigenvalue weighted by atomic mass is 15.2. The number of rotatable bonds is 2. The van der Waals surface area contributed by atoms with E-state index < -0.39 is 0 Å². The minimum atomic E-state index is 0.814. The van der Waals surface area contributed by atoms with E-state index in [-0.39, 0.29) is 0 Å². The number of likely N-dealkylation sites (tertiary alicyclic amines) is 1. The van der Waals surface area contributed by atoms with E-state index in [4.69, 9.17) is 0 Å². The lowest BCUT2D eigenvalue weighted by atomic mass is 9.79. The quantitative estimate of drug-likeness (QED) is 0.773. The fourth-order valence-electron chi connectivity index (χ4n) is 4.51. The van der Waals surface area contributed by atoms with Crippen molar-refractivity contribution in [2.24, 2.45) is 11.8 Å². The Bertz CT molecular complexity index is 246. The second-order valence-corrected chi connectivity index (χ2v) is 6.52. The van der Waals surface area contributed by atoms with Crippen LogP contribution in [0.3, 0.4) is 0 Å². The molecule has 0 spiro atoms. The Labute approximate surface area is 106 Å². The summed E-state index contributed by atoms with van der Waals surface area (Å²) in [5.41, 5.74) is 0. The van der Waals surface area contributed by atoms with Crippen molar-refractivity contribution in [3.05, 3.63) is 0 Å². The summed E-state index contributed by atoms with van der Waals surface area (Å²) < 4.78 is 0. The second-order valence-electron chi connectivity index (χ2n) is 6.52. The van der Waals surface area contributed by atoms with Gasteiger partial charge in [0.25, 0.3) is 0 Å².